The first kappa shape index (κ1) is 10.0. The average molecular weight is 170 g/mol. The molecule has 1 rings (SSSR count). The van der Waals surface area contributed by atoms with Crippen molar-refractivity contribution in [2.24, 2.45) is 16.6 Å². The van der Waals surface area contributed by atoms with E-state index in [1.807, 2.05) is 0 Å². The second kappa shape index (κ2) is 3.00. The van der Waals surface area contributed by atoms with Gasteiger partial charge in [-0.25, -0.2) is 0 Å². The molecule has 0 aromatic rings. The van der Waals surface area contributed by atoms with E-state index in [4.69, 9.17) is 5.73 Å². The van der Waals surface area contributed by atoms with Crippen LogP contribution in [0.1, 0.15) is 34.1 Å². The standard InChI is InChI=1S/C10H22N2/c1-9(2,6-11)7-12-8-5-10(8,3)4/h8,12H,5-7,11H2,1-4H3. The number of nitrogens with two attached hydrogens (primary N) is 1. The van der Waals surface area contributed by atoms with Gasteiger partial charge in [0.05, 0.1) is 0 Å². The Labute approximate surface area is 75.9 Å². The topological polar surface area (TPSA) is 38.0 Å². The minimum absolute atomic E-state index is 0.249. The molecule has 1 saturated carbocycles. The van der Waals surface area contributed by atoms with E-state index in [2.05, 4.69) is 33.0 Å². The van der Waals surface area contributed by atoms with Crippen molar-refractivity contribution < 1.29 is 0 Å². The van der Waals surface area contributed by atoms with Gasteiger partial charge in [0.25, 0.3) is 0 Å². The molecule has 0 aromatic heterocycles. The summed E-state index contributed by atoms with van der Waals surface area (Å²) < 4.78 is 0. The number of hydrogen-bond acceptors (Lipinski definition) is 2. The monoisotopic (exact) mass is 170 g/mol. The van der Waals surface area contributed by atoms with Gasteiger partial charge >= 0.3 is 0 Å². The molecular weight excluding hydrogens is 148 g/mol. The SMILES string of the molecule is CC(C)(CN)CNC1CC1(C)C. The van der Waals surface area contributed by atoms with Crippen LogP contribution >= 0.6 is 0 Å². The molecule has 1 aliphatic carbocycles. The van der Waals surface area contributed by atoms with Crippen LogP contribution in [-0.2, 0) is 0 Å². The van der Waals surface area contributed by atoms with Crippen molar-refractivity contribution in [1.29, 1.82) is 0 Å². The van der Waals surface area contributed by atoms with Gasteiger partial charge in [0, 0.05) is 12.6 Å². The van der Waals surface area contributed by atoms with Gasteiger partial charge in [0.15, 0.2) is 0 Å². The van der Waals surface area contributed by atoms with Crippen molar-refractivity contribution >= 4 is 0 Å². The minimum Gasteiger partial charge on any atom is -0.330 e. The zero-order valence-corrected chi connectivity index (χ0v) is 8.78. The van der Waals surface area contributed by atoms with Crippen LogP contribution < -0.4 is 11.1 Å². The molecule has 3 N–H and O–H groups in total. The fourth-order valence-corrected chi connectivity index (χ4v) is 1.29. The summed E-state index contributed by atoms with van der Waals surface area (Å²) >= 11 is 0. The lowest BCUT2D eigenvalue weighted by molar-refractivity contribution is 0.341. The maximum atomic E-state index is 5.64. The normalized spacial score (nSPS) is 27.2. The van der Waals surface area contributed by atoms with E-state index >= 15 is 0 Å². The van der Waals surface area contributed by atoms with Gasteiger partial charge in [0.2, 0.25) is 0 Å². The maximum absolute atomic E-state index is 5.64. The molecule has 0 saturated heterocycles. The molecule has 0 radical (unpaired) electrons. The summed E-state index contributed by atoms with van der Waals surface area (Å²) in [5.74, 6) is 0. The average Bonchev–Trinajstić information content (AvgIpc) is 2.56. The number of rotatable bonds is 4. The third-order valence-corrected chi connectivity index (χ3v) is 2.89. The molecule has 0 aliphatic heterocycles. The lowest BCUT2D eigenvalue weighted by atomic mass is 9.94. The second-order valence-corrected chi connectivity index (χ2v) is 5.49. The summed E-state index contributed by atoms with van der Waals surface area (Å²) in [4.78, 5) is 0. The van der Waals surface area contributed by atoms with Crippen LogP contribution in [0.5, 0.6) is 0 Å². The zero-order chi connectivity index (χ0) is 9.41. The Morgan fingerprint density at radius 2 is 2.00 bits per heavy atom. The Bertz CT molecular complexity index is 161. The molecule has 0 heterocycles. The van der Waals surface area contributed by atoms with Gasteiger partial charge in [-0.3, -0.25) is 0 Å². The summed E-state index contributed by atoms with van der Waals surface area (Å²) in [6.45, 7) is 10.8. The highest BCUT2D eigenvalue weighted by Gasteiger charge is 2.45. The Hall–Kier alpha value is -0.0800. The first-order chi connectivity index (χ1) is 5.37. The first-order valence-electron chi connectivity index (χ1n) is 4.81. The quantitative estimate of drug-likeness (QED) is 0.668. The van der Waals surface area contributed by atoms with Crippen molar-refractivity contribution in [3.8, 4) is 0 Å². The summed E-state index contributed by atoms with van der Waals surface area (Å²) in [7, 11) is 0. The van der Waals surface area contributed by atoms with Crippen LogP contribution in [0.15, 0.2) is 0 Å². The van der Waals surface area contributed by atoms with Gasteiger partial charge in [-0.15, -0.1) is 0 Å². The Balaban J connectivity index is 2.19. The Morgan fingerprint density at radius 3 is 2.33 bits per heavy atom. The molecule has 12 heavy (non-hydrogen) atoms. The van der Waals surface area contributed by atoms with E-state index in [-0.39, 0.29) is 5.41 Å². The fraction of sp³-hybridized carbons (Fsp3) is 1.00. The van der Waals surface area contributed by atoms with Gasteiger partial charge in [-0.05, 0) is 23.8 Å². The molecular formula is C10H22N2. The van der Waals surface area contributed by atoms with Crippen molar-refractivity contribution in [1.82, 2.24) is 5.32 Å². The van der Waals surface area contributed by atoms with Crippen LogP contribution in [0.25, 0.3) is 0 Å². The lowest BCUT2D eigenvalue weighted by Gasteiger charge is -2.23. The highest BCUT2D eigenvalue weighted by Crippen LogP contribution is 2.44. The summed E-state index contributed by atoms with van der Waals surface area (Å²) in [5, 5.41) is 3.56. The van der Waals surface area contributed by atoms with E-state index < -0.39 is 0 Å². The van der Waals surface area contributed by atoms with Crippen molar-refractivity contribution in [2.75, 3.05) is 13.1 Å². The van der Waals surface area contributed by atoms with Gasteiger partial charge < -0.3 is 11.1 Å². The van der Waals surface area contributed by atoms with E-state index in [1.165, 1.54) is 6.42 Å². The minimum atomic E-state index is 0.249. The molecule has 2 heteroatoms. The van der Waals surface area contributed by atoms with Crippen molar-refractivity contribution in [2.45, 2.75) is 40.2 Å². The molecule has 0 aromatic carbocycles. The highest BCUT2D eigenvalue weighted by atomic mass is 15.0. The van der Waals surface area contributed by atoms with E-state index in [0.29, 0.717) is 5.41 Å². The van der Waals surface area contributed by atoms with Crippen LogP contribution in [0.3, 0.4) is 0 Å². The molecule has 2 nitrogen and oxygen atoms in total. The smallest absolute Gasteiger partial charge is 0.0125 e. The first-order valence-corrected chi connectivity index (χ1v) is 4.81. The second-order valence-electron chi connectivity index (χ2n) is 5.49. The van der Waals surface area contributed by atoms with E-state index in [9.17, 15) is 0 Å². The van der Waals surface area contributed by atoms with Gasteiger partial charge in [0.1, 0.15) is 0 Å². The van der Waals surface area contributed by atoms with Gasteiger partial charge in [-0.2, -0.15) is 0 Å². The molecule has 1 aliphatic rings. The fourth-order valence-electron chi connectivity index (χ4n) is 1.29. The van der Waals surface area contributed by atoms with E-state index in [1.54, 1.807) is 0 Å². The zero-order valence-electron chi connectivity index (χ0n) is 8.78. The predicted octanol–water partition coefficient (Wildman–Crippen LogP) is 1.36. The summed E-state index contributed by atoms with van der Waals surface area (Å²) in [6, 6.07) is 0.725. The molecule has 0 spiro atoms. The van der Waals surface area contributed by atoms with Crippen LogP contribution in [0.2, 0.25) is 0 Å². The Kier molecular flexibility index (Phi) is 2.50. The molecule has 0 amide bonds. The molecule has 1 unspecified atom stereocenters. The van der Waals surface area contributed by atoms with Crippen LogP contribution in [-0.4, -0.2) is 19.1 Å². The summed E-state index contributed by atoms with van der Waals surface area (Å²) in [5.41, 5.74) is 6.42. The maximum Gasteiger partial charge on any atom is 0.0125 e. The number of nitrogens with one attached hydrogen (secondary N) is 1. The van der Waals surface area contributed by atoms with E-state index in [0.717, 1.165) is 19.1 Å². The summed E-state index contributed by atoms with van der Waals surface area (Å²) in [6.07, 6.45) is 1.31. The van der Waals surface area contributed by atoms with Gasteiger partial charge in [-0.1, -0.05) is 27.7 Å². The molecule has 72 valence electrons. The lowest BCUT2D eigenvalue weighted by Crippen LogP contribution is -2.37. The van der Waals surface area contributed by atoms with Crippen LogP contribution in [0, 0.1) is 10.8 Å². The van der Waals surface area contributed by atoms with Crippen molar-refractivity contribution in [3.05, 3.63) is 0 Å². The third-order valence-electron chi connectivity index (χ3n) is 2.89. The third kappa shape index (κ3) is 2.46. The number of hydrogen-bond donors (Lipinski definition) is 2. The largest absolute Gasteiger partial charge is 0.330 e. The molecule has 1 fully saturated rings. The van der Waals surface area contributed by atoms with Crippen LogP contribution in [0.4, 0.5) is 0 Å². The predicted molar refractivity (Wildman–Crippen MR) is 53.0 cm³/mol. The molecule has 0 bridgehead atoms. The highest BCUT2D eigenvalue weighted by molar-refractivity contribution is 5.01. The molecule has 1 atom stereocenters. The Morgan fingerprint density at radius 1 is 1.50 bits per heavy atom. The van der Waals surface area contributed by atoms with Crippen molar-refractivity contribution in [3.63, 3.8) is 0 Å².